The van der Waals surface area contributed by atoms with Crippen molar-refractivity contribution in [3.63, 3.8) is 0 Å². The first kappa shape index (κ1) is 17.9. The van der Waals surface area contributed by atoms with Gasteiger partial charge in [-0.3, -0.25) is 9.80 Å². The summed E-state index contributed by atoms with van der Waals surface area (Å²) in [6.07, 6.45) is 1.61. The van der Waals surface area contributed by atoms with Crippen LogP contribution >= 0.6 is 0 Å². The van der Waals surface area contributed by atoms with Crippen molar-refractivity contribution in [2.75, 3.05) is 26.2 Å². The van der Waals surface area contributed by atoms with Crippen LogP contribution in [0.25, 0.3) is 11.7 Å². The van der Waals surface area contributed by atoms with Gasteiger partial charge >= 0.3 is 0 Å². The lowest BCUT2D eigenvalue weighted by Gasteiger charge is -2.34. The average molecular weight is 366 g/mol. The molecule has 0 atom stereocenters. The van der Waals surface area contributed by atoms with Crippen LogP contribution in [0, 0.1) is 0 Å². The fourth-order valence-corrected chi connectivity index (χ4v) is 3.38. The Hall–Kier alpha value is -2.44. The molecule has 6 nitrogen and oxygen atoms in total. The van der Waals surface area contributed by atoms with E-state index in [1.165, 1.54) is 11.1 Å². The van der Waals surface area contributed by atoms with Crippen LogP contribution in [0.15, 0.2) is 51.5 Å². The predicted molar refractivity (Wildman–Crippen MR) is 103 cm³/mol. The molecule has 27 heavy (non-hydrogen) atoms. The second-order valence-electron chi connectivity index (χ2n) is 7.43. The minimum Gasteiger partial charge on any atom is -0.459 e. The highest BCUT2D eigenvalue weighted by molar-refractivity contribution is 5.42. The Bertz CT molecular complexity index is 831. The van der Waals surface area contributed by atoms with Crippen LogP contribution in [0.5, 0.6) is 0 Å². The summed E-state index contributed by atoms with van der Waals surface area (Å²) < 4.78 is 11.0. The van der Waals surface area contributed by atoms with Gasteiger partial charge in [-0.15, -0.1) is 10.2 Å². The molecule has 0 radical (unpaired) electrons. The van der Waals surface area contributed by atoms with E-state index in [-0.39, 0.29) is 0 Å². The van der Waals surface area contributed by atoms with E-state index in [1.807, 2.05) is 12.1 Å². The number of piperazine rings is 1. The van der Waals surface area contributed by atoms with Crippen molar-refractivity contribution in [2.45, 2.75) is 32.9 Å². The van der Waals surface area contributed by atoms with E-state index in [0.29, 0.717) is 30.0 Å². The van der Waals surface area contributed by atoms with Gasteiger partial charge < -0.3 is 8.83 Å². The highest BCUT2D eigenvalue weighted by Crippen LogP contribution is 2.19. The van der Waals surface area contributed by atoms with Crippen LogP contribution in [0.2, 0.25) is 0 Å². The first-order valence-electron chi connectivity index (χ1n) is 9.57. The molecule has 0 N–H and O–H groups in total. The van der Waals surface area contributed by atoms with E-state index in [1.54, 1.807) is 6.26 Å². The van der Waals surface area contributed by atoms with Gasteiger partial charge in [0.05, 0.1) is 12.8 Å². The fraction of sp³-hybridized carbons (Fsp3) is 0.429. The Kier molecular flexibility index (Phi) is 5.36. The van der Waals surface area contributed by atoms with Gasteiger partial charge in [-0.25, -0.2) is 0 Å². The molecule has 1 aromatic carbocycles. The Morgan fingerprint density at radius 1 is 0.926 bits per heavy atom. The van der Waals surface area contributed by atoms with Gasteiger partial charge in [0, 0.05) is 32.7 Å². The smallest absolute Gasteiger partial charge is 0.283 e. The monoisotopic (exact) mass is 366 g/mol. The van der Waals surface area contributed by atoms with Crippen LogP contribution in [0.1, 0.15) is 36.8 Å². The molecule has 3 heterocycles. The summed E-state index contributed by atoms with van der Waals surface area (Å²) in [5.41, 5.74) is 2.78. The molecular formula is C21H26N4O2. The molecule has 1 aliphatic heterocycles. The molecule has 3 aromatic rings. The summed E-state index contributed by atoms with van der Waals surface area (Å²) in [5.74, 6) is 2.28. The summed E-state index contributed by atoms with van der Waals surface area (Å²) in [4.78, 5) is 4.86. The number of aromatic nitrogens is 2. The number of hydrogen-bond acceptors (Lipinski definition) is 6. The fourth-order valence-electron chi connectivity index (χ4n) is 3.38. The molecule has 4 rings (SSSR count). The first-order valence-corrected chi connectivity index (χ1v) is 9.57. The molecule has 0 unspecified atom stereocenters. The van der Waals surface area contributed by atoms with Gasteiger partial charge in [-0.1, -0.05) is 38.1 Å². The SMILES string of the molecule is CC(C)c1ccc(CN2CCN(Cc3nnc(-c4ccco4)o3)CC2)cc1. The standard InChI is InChI=1S/C21H26N4O2/c1-16(2)18-7-5-17(6-8-18)14-24-9-11-25(12-10-24)15-20-22-23-21(27-20)19-4-3-13-26-19/h3-8,13,16H,9-12,14-15H2,1-2H3. The minimum absolute atomic E-state index is 0.443. The predicted octanol–water partition coefficient (Wildman–Crippen LogP) is 3.77. The summed E-state index contributed by atoms with van der Waals surface area (Å²) in [6, 6.07) is 12.7. The first-order chi connectivity index (χ1) is 13.2. The quantitative estimate of drug-likeness (QED) is 0.662. The largest absolute Gasteiger partial charge is 0.459 e. The van der Waals surface area contributed by atoms with Crippen molar-refractivity contribution in [3.05, 3.63) is 59.7 Å². The molecule has 1 saturated heterocycles. The molecule has 0 bridgehead atoms. The number of benzene rings is 1. The maximum Gasteiger partial charge on any atom is 0.283 e. The number of furan rings is 1. The average Bonchev–Trinajstić information content (AvgIpc) is 3.35. The van der Waals surface area contributed by atoms with Crippen molar-refractivity contribution in [1.29, 1.82) is 0 Å². The third-order valence-corrected chi connectivity index (χ3v) is 5.08. The number of rotatable bonds is 6. The Morgan fingerprint density at radius 2 is 1.63 bits per heavy atom. The molecule has 1 fully saturated rings. The Morgan fingerprint density at radius 3 is 2.26 bits per heavy atom. The van der Waals surface area contributed by atoms with E-state index >= 15 is 0 Å². The number of hydrogen-bond donors (Lipinski definition) is 0. The lowest BCUT2D eigenvalue weighted by Crippen LogP contribution is -2.45. The summed E-state index contributed by atoms with van der Waals surface area (Å²) in [5, 5.41) is 8.21. The zero-order chi connectivity index (χ0) is 18.6. The summed E-state index contributed by atoms with van der Waals surface area (Å²) in [6.45, 7) is 10.3. The zero-order valence-corrected chi connectivity index (χ0v) is 16.0. The summed E-state index contributed by atoms with van der Waals surface area (Å²) in [7, 11) is 0. The van der Waals surface area contributed by atoms with Crippen LogP contribution in [-0.2, 0) is 13.1 Å². The second-order valence-corrected chi connectivity index (χ2v) is 7.43. The van der Waals surface area contributed by atoms with Crippen LogP contribution in [0.4, 0.5) is 0 Å². The van der Waals surface area contributed by atoms with Gasteiger partial charge in [0.25, 0.3) is 5.89 Å². The molecule has 0 amide bonds. The van der Waals surface area contributed by atoms with Gasteiger partial charge in [0.15, 0.2) is 5.76 Å². The third-order valence-electron chi connectivity index (χ3n) is 5.08. The third kappa shape index (κ3) is 4.46. The topological polar surface area (TPSA) is 58.5 Å². The van der Waals surface area contributed by atoms with Crippen LogP contribution in [-0.4, -0.2) is 46.2 Å². The van der Waals surface area contributed by atoms with Gasteiger partial charge in [0.2, 0.25) is 5.89 Å². The van der Waals surface area contributed by atoms with Gasteiger partial charge in [-0.05, 0) is 29.2 Å². The van der Waals surface area contributed by atoms with E-state index in [4.69, 9.17) is 8.83 Å². The van der Waals surface area contributed by atoms with Crippen molar-refractivity contribution < 1.29 is 8.83 Å². The van der Waals surface area contributed by atoms with Crippen molar-refractivity contribution >= 4 is 0 Å². The molecular weight excluding hydrogens is 340 g/mol. The molecule has 2 aromatic heterocycles. The number of nitrogens with zero attached hydrogens (tertiary/aromatic N) is 4. The summed E-state index contributed by atoms with van der Waals surface area (Å²) >= 11 is 0. The van der Waals surface area contributed by atoms with Crippen LogP contribution in [0.3, 0.4) is 0 Å². The van der Waals surface area contributed by atoms with Crippen molar-refractivity contribution in [3.8, 4) is 11.7 Å². The molecule has 0 aliphatic carbocycles. The Labute approximate surface area is 159 Å². The molecule has 1 aliphatic rings. The lowest BCUT2D eigenvalue weighted by molar-refractivity contribution is 0.114. The van der Waals surface area contributed by atoms with E-state index in [9.17, 15) is 0 Å². The van der Waals surface area contributed by atoms with Crippen LogP contribution < -0.4 is 0 Å². The molecule has 6 heteroatoms. The van der Waals surface area contributed by atoms with E-state index in [0.717, 1.165) is 32.7 Å². The second kappa shape index (κ2) is 8.06. The van der Waals surface area contributed by atoms with E-state index in [2.05, 4.69) is 58.1 Å². The lowest BCUT2D eigenvalue weighted by atomic mass is 10.0. The van der Waals surface area contributed by atoms with Gasteiger partial charge in [-0.2, -0.15) is 0 Å². The molecule has 142 valence electrons. The maximum atomic E-state index is 5.71. The van der Waals surface area contributed by atoms with Crippen molar-refractivity contribution in [2.24, 2.45) is 0 Å². The minimum atomic E-state index is 0.443. The highest BCUT2D eigenvalue weighted by Gasteiger charge is 2.20. The molecule has 0 spiro atoms. The highest BCUT2D eigenvalue weighted by atomic mass is 16.4. The van der Waals surface area contributed by atoms with Gasteiger partial charge in [0.1, 0.15) is 0 Å². The van der Waals surface area contributed by atoms with E-state index < -0.39 is 0 Å². The maximum absolute atomic E-state index is 5.71. The normalized spacial score (nSPS) is 16.3. The zero-order valence-electron chi connectivity index (χ0n) is 16.0. The van der Waals surface area contributed by atoms with Crippen molar-refractivity contribution in [1.82, 2.24) is 20.0 Å². The Balaban J connectivity index is 1.26. The molecule has 0 saturated carbocycles.